The fraction of sp³-hybridized carbons (Fsp3) is 0.600. The van der Waals surface area contributed by atoms with Gasteiger partial charge in [0.05, 0.1) is 5.75 Å². The third kappa shape index (κ3) is 4.04. The topological polar surface area (TPSA) is 49.4 Å². The maximum Gasteiger partial charge on any atom is 0.151 e. The number of nitrogens with zero attached hydrogens (tertiary/aromatic N) is 1. The number of rotatable bonds is 5. The van der Waals surface area contributed by atoms with Crippen molar-refractivity contribution in [2.75, 3.05) is 31.1 Å². The molecular formula is C15H24N2O2S. The molecule has 5 heteroatoms. The average molecular weight is 296 g/mol. The van der Waals surface area contributed by atoms with E-state index in [-0.39, 0.29) is 17.5 Å². The summed E-state index contributed by atoms with van der Waals surface area (Å²) in [7, 11) is -2.89. The van der Waals surface area contributed by atoms with Crippen LogP contribution >= 0.6 is 0 Å². The Morgan fingerprint density at radius 2 is 2.00 bits per heavy atom. The quantitative estimate of drug-likeness (QED) is 0.893. The molecule has 1 aliphatic rings. The normalized spacial score (nSPS) is 24.7. The molecule has 1 aromatic rings. The monoisotopic (exact) mass is 296 g/mol. The van der Waals surface area contributed by atoms with Crippen molar-refractivity contribution in [1.29, 1.82) is 0 Å². The van der Waals surface area contributed by atoms with Crippen LogP contribution in [0, 0.1) is 0 Å². The Morgan fingerprint density at radius 3 is 2.65 bits per heavy atom. The van der Waals surface area contributed by atoms with Crippen molar-refractivity contribution in [3.63, 3.8) is 0 Å². The van der Waals surface area contributed by atoms with Gasteiger partial charge in [-0.25, -0.2) is 8.42 Å². The van der Waals surface area contributed by atoms with Crippen LogP contribution in [0.25, 0.3) is 0 Å². The highest BCUT2D eigenvalue weighted by Crippen LogP contribution is 2.19. The van der Waals surface area contributed by atoms with Gasteiger partial charge in [-0.2, -0.15) is 0 Å². The van der Waals surface area contributed by atoms with Gasteiger partial charge in [-0.05, 0) is 12.5 Å². The molecule has 1 saturated heterocycles. The third-order valence-corrected chi connectivity index (χ3v) is 5.72. The minimum absolute atomic E-state index is 0.232. The molecule has 0 aliphatic carbocycles. The van der Waals surface area contributed by atoms with Crippen molar-refractivity contribution >= 4 is 9.84 Å². The fourth-order valence-electron chi connectivity index (χ4n) is 2.54. The van der Waals surface area contributed by atoms with Gasteiger partial charge in [0.2, 0.25) is 0 Å². The number of piperazine rings is 1. The van der Waals surface area contributed by atoms with E-state index in [1.165, 1.54) is 5.56 Å². The van der Waals surface area contributed by atoms with Gasteiger partial charge in [-0.1, -0.05) is 37.3 Å². The Bertz CT molecular complexity index is 516. The highest BCUT2D eigenvalue weighted by Gasteiger charge is 2.26. The smallest absolute Gasteiger partial charge is 0.151 e. The van der Waals surface area contributed by atoms with Crippen LogP contribution in [-0.2, 0) is 9.84 Å². The average Bonchev–Trinajstić information content (AvgIpc) is 2.47. The molecule has 4 nitrogen and oxygen atoms in total. The lowest BCUT2D eigenvalue weighted by Gasteiger charge is -2.39. The van der Waals surface area contributed by atoms with Gasteiger partial charge < -0.3 is 5.32 Å². The van der Waals surface area contributed by atoms with Gasteiger partial charge in [0, 0.05) is 37.5 Å². The summed E-state index contributed by atoms with van der Waals surface area (Å²) in [5.41, 5.74) is 1.27. The Labute approximate surface area is 122 Å². The van der Waals surface area contributed by atoms with E-state index >= 15 is 0 Å². The van der Waals surface area contributed by atoms with Gasteiger partial charge >= 0.3 is 0 Å². The lowest BCUT2D eigenvalue weighted by Crippen LogP contribution is -2.52. The molecule has 0 spiro atoms. The van der Waals surface area contributed by atoms with Crippen molar-refractivity contribution in [2.24, 2.45) is 0 Å². The maximum atomic E-state index is 11.7. The number of hydrogen-bond donors (Lipinski definition) is 1. The Hall–Kier alpha value is -0.910. The largest absolute Gasteiger partial charge is 0.307 e. The van der Waals surface area contributed by atoms with E-state index in [2.05, 4.69) is 29.3 Å². The van der Waals surface area contributed by atoms with Crippen LogP contribution in [0.5, 0.6) is 0 Å². The number of nitrogens with one attached hydrogen (secondary N) is 1. The van der Waals surface area contributed by atoms with Crippen LogP contribution in [0.2, 0.25) is 0 Å². The van der Waals surface area contributed by atoms with E-state index in [1.54, 1.807) is 6.92 Å². The zero-order chi connectivity index (χ0) is 14.6. The summed E-state index contributed by atoms with van der Waals surface area (Å²) in [6.07, 6.45) is 0. The number of sulfone groups is 1. The molecule has 1 fully saturated rings. The molecule has 2 rings (SSSR count). The van der Waals surface area contributed by atoms with Crippen LogP contribution in [0.4, 0.5) is 0 Å². The molecule has 2 unspecified atom stereocenters. The SMILES string of the molecule is CCS(=O)(=O)CCN1CC(c2ccccc2)NCC1C. The highest BCUT2D eigenvalue weighted by atomic mass is 32.2. The van der Waals surface area contributed by atoms with E-state index < -0.39 is 9.84 Å². The highest BCUT2D eigenvalue weighted by molar-refractivity contribution is 7.91. The maximum absolute atomic E-state index is 11.7. The molecular weight excluding hydrogens is 272 g/mol. The van der Waals surface area contributed by atoms with Gasteiger partial charge in [-0.3, -0.25) is 4.90 Å². The number of hydrogen-bond acceptors (Lipinski definition) is 4. The predicted molar refractivity (Wildman–Crippen MR) is 82.5 cm³/mol. The van der Waals surface area contributed by atoms with E-state index in [1.807, 2.05) is 18.2 Å². The van der Waals surface area contributed by atoms with E-state index in [0.29, 0.717) is 12.6 Å². The molecule has 0 saturated carbocycles. The summed E-state index contributed by atoms with van der Waals surface area (Å²) in [6, 6.07) is 11.0. The lowest BCUT2D eigenvalue weighted by atomic mass is 10.0. The summed E-state index contributed by atoms with van der Waals surface area (Å²) in [6.45, 7) is 6.24. The molecule has 0 aromatic heterocycles. The van der Waals surface area contributed by atoms with Crippen molar-refractivity contribution in [3.05, 3.63) is 35.9 Å². The zero-order valence-corrected chi connectivity index (χ0v) is 13.1. The standard InChI is InChI=1S/C15H24N2O2S/c1-3-20(18,19)10-9-17-12-15(16-11-13(17)2)14-7-5-4-6-8-14/h4-8,13,15-16H,3,9-12H2,1-2H3. The van der Waals surface area contributed by atoms with Crippen molar-refractivity contribution in [3.8, 4) is 0 Å². The third-order valence-electron chi connectivity index (χ3n) is 4.03. The van der Waals surface area contributed by atoms with Crippen molar-refractivity contribution in [1.82, 2.24) is 10.2 Å². The fourth-order valence-corrected chi connectivity index (χ4v) is 3.34. The van der Waals surface area contributed by atoms with Crippen LogP contribution in [0.3, 0.4) is 0 Å². The summed E-state index contributed by atoms with van der Waals surface area (Å²) in [4.78, 5) is 2.28. The second-order valence-corrected chi connectivity index (χ2v) is 7.92. The van der Waals surface area contributed by atoms with E-state index in [0.717, 1.165) is 13.1 Å². The Kier molecular flexibility index (Phi) is 5.18. The van der Waals surface area contributed by atoms with Crippen molar-refractivity contribution < 1.29 is 8.42 Å². The van der Waals surface area contributed by atoms with Crippen LogP contribution in [-0.4, -0.2) is 50.5 Å². The van der Waals surface area contributed by atoms with Crippen LogP contribution < -0.4 is 5.32 Å². The minimum atomic E-state index is -2.89. The second-order valence-electron chi connectivity index (χ2n) is 5.45. The summed E-state index contributed by atoms with van der Waals surface area (Å²) in [5, 5.41) is 3.54. The summed E-state index contributed by atoms with van der Waals surface area (Å²) in [5.74, 6) is 0.491. The molecule has 1 N–H and O–H groups in total. The molecule has 20 heavy (non-hydrogen) atoms. The summed E-state index contributed by atoms with van der Waals surface area (Å²) < 4.78 is 23.3. The Balaban J connectivity index is 1.98. The van der Waals surface area contributed by atoms with E-state index in [4.69, 9.17) is 0 Å². The van der Waals surface area contributed by atoms with Gasteiger partial charge in [0.25, 0.3) is 0 Å². The molecule has 112 valence electrons. The first-order valence-corrected chi connectivity index (χ1v) is 9.07. The van der Waals surface area contributed by atoms with Crippen molar-refractivity contribution in [2.45, 2.75) is 25.9 Å². The molecule has 1 aliphatic heterocycles. The Morgan fingerprint density at radius 1 is 1.30 bits per heavy atom. The first-order chi connectivity index (χ1) is 9.52. The van der Waals surface area contributed by atoms with Gasteiger partial charge in [-0.15, -0.1) is 0 Å². The molecule has 1 aromatic carbocycles. The molecule has 0 radical (unpaired) electrons. The zero-order valence-electron chi connectivity index (χ0n) is 12.2. The first kappa shape index (κ1) is 15.5. The van der Waals surface area contributed by atoms with Gasteiger partial charge in [0.15, 0.2) is 9.84 Å². The van der Waals surface area contributed by atoms with Crippen LogP contribution in [0.15, 0.2) is 30.3 Å². The van der Waals surface area contributed by atoms with Crippen LogP contribution in [0.1, 0.15) is 25.5 Å². The molecule has 2 atom stereocenters. The number of benzene rings is 1. The molecule has 0 bridgehead atoms. The molecule has 0 amide bonds. The van der Waals surface area contributed by atoms with Gasteiger partial charge in [0.1, 0.15) is 0 Å². The minimum Gasteiger partial charge on any atom is -0.307 e. The summed E-state index contributed by atoms with van der Waals surface area (Å²) >= 11 is 0. The molecule has 1 heterocycles. The van der Waals surface area contributed by atoms with E-state index in [9.17, 15) is 8.42 Å². The first-order valence-electron chi connectivity index (χ1n) is 7.24. The lowest BCUT2D eigenvalue weighted by molar-refractivity contribution is 0.149. The predicted octanol–water partition coefficient (Wildman–Crippen LogP) is 1.46. The second kappa shape index (κ2) is 6.70.